The van der Waals surface area contributed by atoms with E-state index in [1.807, 2.05) is 24.3 Å². The molecule has 32 heavy (non-hydrogen) atoms. The summed E-state index contributed by atoms with van der Waals surface area (Å²) in [7, 11) is 0. The summed E-state index contributed by atoms with van der Waals surface area (Å²) in [5, 5.41) is 29.4. The Balaban J connectivity index is 1.36. The molecular formula is C22H24ClN3O6. The number of nitrogens with one attached hydrogen (secondary N) is 1. The van der Waals surface area contributed by atoms with Crippen molar-refractivity contribution in [1.29, 1.82) is 0 Å². The zero-order valence-electron chi connectivity index (χ0n) is 17.2. The van der Waals surface area contributed by atoms with Crippen LogP contribution in [0.4, 0.5) is 0 Å². The number of rotatable bonds is 6. The fraction of sp³-hybridized carbons (Fsp3) is 0.455. The van der Waals surface area contributed by atoms with Gasteiger partial charge in [0, 0.05) is 12.0 Å². The molecule has 0 radical (unpaired) electrons. The van der Waals surface area contributed by atoms with Gasteiger partial charge in [-0.15, -0.1) is 0 Å². The lowest BCUT2D eigenvalue weighted by atomic mass is 9.79. The summed E-state index contributed by atoms with van der Waals surface area (Å²) < 4.78 is 16.5. The van der Waals surface area contributed by atoms with Gasteiger partial charge in [-0.1, -0.05) is 35.9 Å². The molecule has 0 amide bonds. The number of hydrogen-bond donors (Lipinski definition) is 4. The van der Waals surface area contributed by atoms with E-state index >= 15 is 0 Å². The Morgan fingerprint density at radius 2 is 1.97 bits per heavy atom. The van der Waals surface area contributed by atoms with Gasteiger partial charge in [-0.3, -0.25) is 0 Å². The Kier molecular flexibility index (Phi) is 5.79. The van der Waals surface area contributed by atoms with Crippen LogP contribution in [0.3, 0.4) is 0 Å². The van der Waals surface area contributed by atoms with Crippen molar-refractivity contribution in [2.75, 3.05) is 33.0 Å². The zero-order chi connectivity index (χ0) is 22.3. The molecule has 3 atom stereocenters. The molecule has 0 spiro atoms. The van der Waals surface area contributed by atoms with Crippen LogP contribution in [0.25, 0.3) is 22.4 Å². The molecule has 0 saturated carbocycles. The average Bonchev–Trinajstić information content (AvgIpc) is 3.14. The van der Waals surface area contributed by atoms with Crippen LogP contribution in [-0.4, -0.2) is 81.6 Å². The second kappa shape index (κ2) is 8.58. The maximum absolute atomic E-state index is 10.0. The molecule has 10 heteroatoms. The molecular weight excluding hydrogens is 438 g/mol. The largest absolute Gasteiger partial charge is 0.459 e. The number of fused-ring (bicyclic) bond motifs is 1. The Morgan fingerprint density at radius 3 is 2.59 bits per heavy atom. The maximum atomic E-state index is 10.0. The first-order valence-electron chi connectivity index (χ1n) is 10.4. The lowest BCUT2D eigenvalue weighted by molar-refractivity contribution is -0.131. The quantitative estimate of drug-likeness (QED) is 0.433. The topological polar surface area (TPSA) is 130 Å². The fourth-order valence-electron chi connectivity index (χ4n) is 4.08. The summed E-state index contributed by atoms with van der Waals surface area (Å²) in [5.41, 5.74) is 3.19. The molecule has 170 valence electrons. The zero-order valence-corrected chi connectivity index (χ0v) is 18.0. The van der Waals surface area contributed by atoms with Crippen LogP contribution >= 0.6 is 11.6 Å². The van der Waals surface area contributed by atoms with Crippen LogP contribution in [0, 0.1) is 0 Å². The van der Waals surface area contributed by atoms with Crippen molar-refractivity contribution in [1.82, 2.24) is 15.0 Å². The van der Waals surface area contributed by atoms with E-state index in [9.17, 15) is 15.3 Å². The SMILES string of the molecule is OCC1OCC(Oc2nc3nc(-c4ccc(C5(CO)COC5)cc4)c(Cl)cc3[nH]2)CC1O. The number of ether oxygens (including phenoxy) is 3. The van der Waals surface area contributed by atoms with Gasteiger partial charge in [0.05, 0.1) is 60.8 Å². The van der Waals surface area contributed by atoms with Crippen LogP contribution in [0.5, 0.6) is 6.01 Å². The number of H-pyrrole nitrogens is 1. The van der Waals surface area contributed by atoms with E-state index in [1.165, 1.54) is 0 Å². The number of benzene rings is 1. The van der Waals surface area contributed by atoms with Gasteiger partial charge in [0.25, 0.3) is 6.01 Å². The number of aliphatic hydroxyl groups is 3. The summed E-state index contributed by atoms with van der Waals surface area (Å²) in [4.78, 5) is 12.1. The van der Waals surface area contributed by atoms with E-state index in [4.69, 9.17) is 25.8 Å². The van der Waals surface area contributed by atoms with Crippen molar-refractivity contribution in [2.45, 2.75) is 30.1 Å². The minimum Gasteiger partial charge on any atom is -0.459 e. The smallest absolute Gasteiger partial charge is 0.296 e. The minimum atomic E-state index is -0.804. The summed E-state index contributed by atoms with van der Waals surface area (Å²) >= 11 is 6.50. The van der Waals surface area contributed by atoms with Crippen molar-refractivity contribution in [3.8, 4) is 17.3 Å². The van der Waals surface area contributed by atoms with Gasteiger partial charge in [-0.2, -0.15) is 4.98 Å². The Hall–Kier alpha value is -2.27. The predicted molar refractivity (Wildman–Crippen MR) is 116 cm³/mol. The normalized spacial score (nSPS) is 24.9. The molecule has 2 aromatic heterocycles. The Labute approximate surface area is 188 Å². The van der Waals surface area contributed by atoms with Gasteiger partial charge in [0.1, 0.15) is 12.2 Å². The first kappa shape index (κ1) is 21.6. The van der Waals surface area contributed by atoms with Gasteiger partial charge in [0.15, 0.2) is 5.65 Å². The van der Waals surface area contributed by atoms with Crippen molar-refractivity contribution < 1.29 is 29.5 Å². The summed E-state index contributed by atoms with van der Waals surface area (Å²) in [6.45, 7) is 1.06. The van der Waals surface area contributed by atoms with Crippen molar-refractivity contribution in [2.24, 2.45) is 0 Å². The first-order valence-corrected chi connectivity index (χ1v) is 10.8. The molecule has 2 fully saturated rings. The van der Waals surface area contributed by atoms with E-state index < -0.39 is 18.3 Å². The number of aromatic amines is 1. The molecule has 5 rings (SSSR count). The van der Waals surface area contributed by atoms with Crippen LogP contribution in [0.15, 0.2) is 30.3 Å². The van der Waals surface area contributed by atoms with Gasteiger partial charge in [-0.05, 0) is 11.6 Å². The highest BCUT2D eigenvalue weighted by atomic mass is 35.5. The van der Waals surface area contributed by atoms with E-state index in [0.29, 0.717) is 41.5 Å². The summed E-state index contributed by atoms with van der Waals surface area (Å²) in [6.07, 6.45) is -1.47. The molecule has 2 aliphatic rings. The highest BCUT2D eigenvalue weighted by molar-refractivity contribution is 6.33. The van der Waals surface area contributed by atoms with Crippen LogP contribution in [0.2, 0.25) is 5.02 Å². The number of pyridine rings is 1. The van der Waals surface area contributed by atoms with E-state index in [1.54, 1.807) is 6.07 Å². The van der Waals surface area contributed by atoms with Crippen molar-refractivity contribution in [3.05, 3.63) is 40.9 Å². The molecule has 4 heterocycles. The molecule has 2 aliphatic heterocycles. The maximum Gasteiger partial charge on any atom is 0.296 e. The van der Waals surface area contributed by atoms with Crippen molar-refractivity contribution >= 4 is 22.8 Å². The van der Waals surface area contributed by atoms with Gasteiger partial charge >= 0.3 is 0 Å². The second-order valence-corrected chi connectivity index (χ2v) is 8.74. The number of hydrogen-bond acceptors (Lipinski definition) is 8. The molecule has 2 saturated heterocycles. The molecule has 4 N–H and O–H groups in total. The highest BCUT2D eigenvalue weighted by Gasteiger charge is 2.39. The summed E-state index contributed by atoms with van der Waals surface area (Å²) in [6, 6.07) is 9.78. The lowest BCUT2D eigenvalue weighted by Gasteiger charge is -2.40. The van der Waals surface area contributed by atoms with Crippen molar-refractivity contribution in [3.63, 3.8) is 0 Å². The molecule has 3 aromatic rings. The Morgan fingerprint density at radius 1 is 1.19 bits per heavy atom. The second-order valence-electron chi connectivity index (χ2n) is 8.34. The monoisotopic (exact) mass is 461 g/mol. The van der Waals surface area contributed by atoms with Gasteiger partial charge in [0.2, 0.25) is 0 Å². The average molecular weight is 462 g/mol. The highest BCUT2D eigenvalue weighted by Crippen LogP contribution is 2.35. The Bertz CT molecular complexity index is 1100. The van der Waals surface area contributed by atoms with E-state index in [0.717, 1.165) is 11.1 Å². The lowest BCUT2D eigenvalue weighted by Crippen LogP contribution is -2.49. The standard InChI is InChI=1S/C22H24ClN3O6/c23-15-6-16-20(26-21(24-16)32-14-5-17(29)18(7-27)31-8-14)25-19(15)12-1-3-13(4-2-12)22(9-28)10-30-11-22/h1-4,6,14,17-18,27-29H,5,7-11H2,(H,24,25,26). The first-order chi connectivity index (χ1) is 15.5. The minimum absolute atomic E-state index is 0.0388. The third-order valence-corrected chi connectivity index (χ3v) is 6.41. The number of aliphatic hydroxyl groups excluding tert-OH is 3. The third kappa shape index (κ3) is 3.85. The number of aromatic nitrogens is 3. The van der Waals surface area contributed by atoms with Crippen LogP contribution in [0.1, 0.15) is 12.0 Å². The number of imidazole rings is 1. The fourth-order valence-corrected chi connectivity index (χ4v) is 4.34. The summed E-state index contributed by atoms with van der Waals surface area (Å²) in [5.74, 6) is 0. The molecule has 3 unspecified atom stereocenters. The number of halogens is 1. The molecule has 9 nitrogen and oxygen atoms in total. The van der Waals surface area contributed by atoms with Gasteiger partial charge < -0.3 is 34.5 Å². The van der Waals surface area contributed by atoms with E-state index in [-0.39, 0.29) is 31.2 Å². The molecule has 0 aliphatic carbocycles. The predicted octanol–water partition coefficient (Wildman–Crippen LogP) is 1.43. The van der Waals surface area contributed by atoms with E-state index in [2.05, 4.69) is 15.0 Å². The molecule has 0 bridgehead atoms. The third-order valence-electron chi connectivity index (χ3n) is 6.12. The van der Waals surface area contributed by atoms with Gasteiger partial charge in [-0.25, -0.2) is 4.98 Å². The van der Waals surface area contributed by atoms with Crippen LogP contribution < -0.4 is 4.74 Å². The molecule has 1 aromatic carbocycles. The number of nitrogens with zero attached hydrogens (tertiary/aromatic N) is 2. The van der Waals surface area contributed by atoms with Crippen LogP contribution in [-0.2, 0) is 14.9 Å².